The molecular formula is C16H20ClN3O. The number of imidazole rings is 1. The van der Waals surface area contributed by atoms with Gasteiger partial charge in [0, 0.05) is 13.0 Å². The second kappa shape index (κ2) is 7.84. The van der Waals surface area contributed by atoms with Gasteiger partial charge in [-0.15, -0.1) is 0 Å². The van der Waals surface area contributed by atoms with Crippen LogP contribution >= 0.6 is 11.6 Å². The van der Waals surface area contributed by atoms with E-state index in [1.807, 2.05) is 30.3 Å². The van der Waals surface area contributed by atoms with Crippen LogP contribution in [0.15, 0.2) is 30.3 Å². The summed E-state index contributed by atoms with van der Waals surface area (Å²) in [6.45, 7) is 2.65. The Hall–Kier alpha value is -1.81. The Morgan fingerprint density at radius 1 is 1.33 bits per heavy atom. The minimum atomic E-state index is -0.0635. The maximum atomic E-state index is 11.9. The van der Waals surface area contributed by atoms with E-state index in [0.717, 1.165) is 30.7 Å². The van der Waals surface area contributed by atoms with E-state index in [9.17, 15) is 4.79 Å². The van der Waals surface area contributed by atoms with Gasteiger partial charge in [0.15, 0.2) is 5.15 Å². The maximum Gasteiger partial charge on any atom is 0.226 e. The molecule has 0 unspecified atom stereocenters. The summed E-state index contributed by atoms with van der Waals surface area (Å²) in [5.74, 6) is 0.791. The number of aromatic amines is 1. The minimum Gasteiger partial charge on any atom is -0.352 e. The smallest absolute Gasteiger partial charge is 0.226 e. The lowest BCUT2D eigenvalue weighted by Gasteiger charge is -2.04. The van der Waals surface area contributed by atoms with E-state index < -0.39 is 0 Å². The van der Waals surface area contributed by atoms with Crippen LogP contribution in [0.3, 0.4) is 0 Å². The van der Waals surface area contributed by atoms with Crippen LogP contribution in [-0.4, -0.2) is 15.9 Å². The Bertz CT molecular complexity index is 580. The highest BCUT2D eigenvalue weighted by Gasteiger charge is 2.12. The number of benzene rings is 1. The van der Waals surface area contributed by atoms with E-state index in [-0.39, 0.29) is 12.3 Å². The van der Waals surface area contributed by atoms with Gasteiger partial charge in [0.05, 0.1) is 12.1 Å². The van der Waals surface area contributed by atoms with Gasteiger partial charge >= 0.3 is 0 Å². The molecule has 1 aromatic carbocycles. The van der Waals surface area contributed by atoms with E-state index in [2.05, 4.69) is 22.2 Å². The van der Waals surface area contributed by atoms with Crippen LogP contribution in [0, 0.1) is 0 Å². The molecule has 1 heterocycles. The third kappa shape index (κ3) is 4.90. The molecule has 0 saturated carbocycles. The number of carbonyl (C=O) groups excluding carboxylic acids is 1. The van der Waals surface area contributed by atoms with Gasteiger partial charge in [-0.3, -0.25) is 4.79 Å². The number of halogens is 1. The van der Waals surface area contributed by atoms with Crippen LogP contribution in [0.4, 0.5) is 0 Å². The second-order valence-electron chi connectivity index (χ2n) is 5.00. The third-order valence-electron chi connectivity index (χ3n) is 3.21. The Morgan fingerprint density at radius 3 is 2.81 bits per heavy atom. The molecule has 0 atom stereocenters. The molecule has 1 aromatic heterocycles. The summed E-state index contributed by atoms with van der Waals surface area (Å²) in [5, 5.41) is 3.28. The number of aromatic nitrogens is 2. The molecule has 0 saturated heterocycles. The van der Waals surface area contributed by atoms with Gasteiger partial charge in [-0.2, -0.15) is 0 Å². The molecule has 0 aliphatic rings. The van der Waals surface area contributed by atoms with Gasteiger partial charge in [-0.1, -0.05) is 55.3 Å². The first-order valence-corrected chi connectivity index (χ1v) is 7.60. The molecule has 0 bridgehead atoms. The number of hydrogen-bond donors (Lipinski definition) is 2. The zero-order valence-electron chi connectivity index (χ0n) is 12.2. The van der Waals surface area contributed by atoms with E-state index in [0.29, 0.717) is 17.4 Å². The van der Waals surface area contributed by atoms with Crippen LogP contribution in [-0.2, 0) is 24.2 Å². The third-order valence-corrected chi connectivity index (χ3v) is 3.53. The summed E-state index contributed by atoms with van der Waals surface area (Å²) >= 11 is 6.06. The molecule has 5 heteroatoms. The van der Waals surface area contributed by atoms with Crippen LogP contribution in [0.25, 0.3) is 0 Å². The fraction of sp³-hybridized carbons (Fsp3) is 0.375. The van der Waals surface area contributed by atoms with Crippen molar-refractivity contribution in [1.82, 2.24) is 15.3 Å². The van der Waals surface area contributed by atoms with Gasteiger partial charge in [0.2, 0.25) is 5.91 Å². The molecular weight excluding hydrogens is 286 g/mol. The summed E-state index contributed by atoms with van der Waals surface area (Å²) in [4.78, 5) is 19.3. The molecule has 112 valence electrons. The molecule has 0 radical (unpaired) electrons. The van der Waals surface area contributed by atoms with E-state index in [1.54, 1.807) is 0 Å². The molecule has 0 aliphatic carbocycles. The number of rotatable bonds is 7. The molecule has 2 rings (SSSR count). The maximum absolute atomic E-state index is 11.9. The minimum absolute atomic E-state index is 0.0635. The Kier molecular flexibility index (Phi) is 5.81. The topological polar surface area (TPSA) is 57.8 Å². The van der Waals surface area contributed by atoms with Gasteiger partial charge in [-0.25, -0.2) is 4.98 Å². The van der Waals surface area contributed by atoms with Crippen LogP contribution in [0.5, 0.6) is 0 Å². The van der Waals surface area contributed by atoms with Crippen molar-refractivity contribution < 1.29 is 4.79 Å². The van der Waals surface area contributed by atoms with Crippen LogP contribution in [0.1, 0.15) is 36.8 Å². The average Bonchev–Trinajstić information content (AvgIpc) is 2.84. The number of unbranched alkanes of at least 4 members (excludes halogenated alkanes) is 1. The summed E-state index contributed by atoms with van der Waals surface area (Å²) in [6.07, 6.45) is 3.25. The number of nitrogens with zero attached hydrogens (tertiary/aromatic N) is 1. The standard InChI is InChI=1S/C16H20ClN3O/c1-2-3-9-14-19-13(16(17)20-14)10-15(21)18-11-12-7-5-4-6-8-12/h4-8H,2-3,9-11H2,1H3,(H,18,21)(H,19,20). The Labute approximate surface area is 129 Å². The van der Waals surface area contributed by atoms with Gasteiger partial charge in [0.25, 0.3) is 0 Å². The Morgan fingerprint density at radius 2 is 2.10 bits per heavy atom. The molecule has 2 aromatic rings. The molecule has 1 amide bonds. The van der Waals surface area contributed by atoms with Gasteiger partial charge in [-0.05, 0) is 12.0 Å². The highest BCUT2D eigenvalue weighted by molar-refractivity contribution is 6.30. The van der Waals surface area contributed by atoms with Crippen molar-refractivity contribution >= 4 is 17.5 Å². The number of aryl methyl sites for hydroxylation is 1. The van der Waals surface area contributed by atoms with Crippen molar-refractivity contribution in [3.05, 3.63) is 52.6 Å². The largest absolute Gasteiger partial charge is 0.352 e. The van der Waals surface area contributed by atoms with Crippen molar-refractivity contribution in [3.63, 3.8) is 0 Å². The first-order chi connectivity index (χ1) is 10.2. The summed E-state index contributed by atoms with van der Waals surface area (Å²) in [7, 11) is 0. The number of hydrogen-bond acceptors (Lipinski definition) is 2. The summed E-state index contributed by atoms with van der Waals surface area (Å²) < 4.78 is 0. The lowest BCUT2D eigenvalue weighted by atomic mass is 10.2. The van der Waals surface area contributed by atoms with Crippen molar-refractivity contribution in [1.29, 1.82) is 0 Å². The normalized spacial score (nSPS) is 10.6. The average molecular weight is 306 g/mol. The Balaban J connectivity index is 1.86. The van der Waals surface area contributed by atoms with E-state index >= 15 is 0 Å². The van der Waals surface area contributed by atoms with E-state index in [1.165, 1.54) is 0 Å². The highest BCUT2D eigenvalue weighted by atomic mass is 35.5. The molecule has 21 heavy (non-hydrogen) atoms. The van der Waals surface area contributed by atoms with Crippen molar-refractivity contribution in [3.8, 4) is 0 Å². The highest BCUT2D eigenvalue weighted by Crippen LogP contribution is 2.14. The summed E-state index contributed by atoms with van der Waals surface area (Å²) in [5.41, 5.74) is 1.76. The number of H-pyrrole nitrogens is 1. The fourth-order valence-electron chi connectivity index (χ4n) is 2.04. The van der Waals surface area contributed by atoms with Crippen molar-refractivity contribution in [2.24, 2.45) is 0 Å². The lowest BCUT2D eigenvalue weighted by Crippen LogP contribution is -2.24. The van der Waals surface area contributed by atoms with Crippen LogP contribution < -0.4 is 5.32 Å². The zero-order chi connectivity index (χ0) is 15.1. The molecule has 0 spiro atoms. The predicted molar refractivity (Wildman–Crippen MR) is 84.2 cm³/mol. The number of amides is 1. The van der Waals surface area contributed by atoms with Gasteiger partial charge in [0.1, 0.15) is 5.82 Å². The fourth-order valence-corrected chi connectivity index (χ4v) is 2.26. The molecule has 4 nitrogen and oxygen atoms in total. The number of carbonyl (C=O) groups is 1. The van der Waals surface area contributed by atoms with E-state index in [4.69, 9.17) is 11.6 Å². The monoisotopic (exact) mass is 305 g/mol. The molecule has 0 aliphatic heterocycles. The second-order valence-corrected chi connectivity index (χ2v) is 5.35. The predicted octanol–water partition coefficient (Wildman–Crippen LogP) is 3.26. The molecule has 2 N–H and O–H groups in total. The van der Waals surface area contributed by atoms with Crippen LogP contribution in [0.2, 0.25) is 5.15 Å². The SMILES string of the molecule is CCCCc1nc(Cl)c(CC(=O)NCc2ccccc2)[nH]1. The first kappa shape index (κ1) is 15.6. The van der Waals surface area contributed by atoms with Crippen molar-refractivity contribution in [2.45, 2.75) is 39.2 Å². The quantitative estimate of drug-likeness (QED) is 0.825. The zero-order valence-corrected chi connectivity index (χ0v) is 12.9. The lowest BCUT2D eigenvalue weighted by molar-refractivity contribution is -0.120. The number of nitrogens with one attached hydrogen (secondary N) is 2. The van der Waals surface area contributed by atoms with Gasteiger partial charge < -0.3 is 10.3 Å². The summed E-state index contributed by atoms with van der Waals surface area (Å²) in [6, 6.07) is 9.81. The van der Waals surface area contributed by atoms with Crippen molar-refractivity contribution in [2.75, 3.05) is 0 Å². The first-order valence-electron chi connectivity index (χ1n) is 7.23. The molecule has 0 fully saturated rings.